The summed E-state index contributed by atoms with van der Waals surface area (Å²) >= 11 is 12.1. The molecule has 0 heterocycles. The van der Waals surface area contributed by atoms with Gasteiger partial charge in [0.25, 0.3) is 0 Å². The molecule has 0 atom stereocenters. The summed E-state index contributed by atoms with van der Waals surface area (Å²) in [5.41, 5.74) is 1.90. The number of hydrogen-bond acceptors (Lipinski definition) is 2. The van der Waals surface area contributed by atoms with Crippen molar-refractivity contribution in [2.45, 2.75) is 26.5 Å². The van der Waals surface area contributed by atoms with Gasteiger partial charge in [0.15, 0.2) is 0 Å². The van der Waals surface area contributed by atoms with E-state index in [9.17, 15) is 0 Å². The van der Waals surface area contributed by atoms with E-state index in [4.69, 9.17) is 27.9 Å². The van der Waals surface area contributed by atoms with Crippen LogP contribution in [0.25, 0.3) is 0 Å². The fourth-order valence-electron chi connectivity index (χ4n) is 1.84. The lowest BCUT2D eigenvalue weighted by Crippen LogP contribution is -2.08. The van der Waals surface area contributed by atoms with Crippen molar-refractivity contribution in [3.8, 4) is 5.75 Å². The third-order valence-electron chi connectivity index (χ3n) is 2.73. The molecule has 0 unspecified atom stereocenters. The van der Waals surface area contributed by atoms with Crippen molar-refractivity contribution in [1.29, 1.82) is 0 Å². The van der Waals surface area contributed by atoms with Crippen molar-refractivity contribution < 1.29 is 4.74 Å². The summed E-state index contributed by atoms with van der Waals surface area (Å²) in [7, 11) is 0. The van der Waals surface area contributed by atoms with Crippen molar-refractivity contribution >= 4 is 28.9 Å². The summed E-state index contributed by atoms with van der Waals surface area (Å²) in [4.78, 5) is 0. The zero-order valence-electron chi connectivity index (χ0n) is 11.5. The van der Waals surface area contributed by atoms with Gasteiger partial charge in [-0.15, -0.1) is 0 Å². The first-order valence-corrected chi connectivity index (χ1v) is 7.25. The zero-order valence-corrected chi connectivity index (χ0v) is 13.0. The molecule has 0 radical (unpaired) electrons. The average Bonchev–Trinajstić information content (AvgIpc) is 2.41. The van der Waals surface area contributed by atoms with Crippen LogP contribution in [0.2, 0.25) is 10.0 Å². The van der Waals surface area contributed by atoms with Crippen LogP contribution in [0.4, 0.5) is 5.69 Å². The Bertz CT molecular complexity index is 584. The fourth-order valence-corrected chi connectivity index (χ4v) is 2.22. The van der Waals surface area contributed by atoms with Crippen LogP contribution in [0, 0.1) is 0 Å². The Labute approximate surface area is 129 Å². The molecule has 2 aromatic carbocycles. The van der Waals surface area contributed by atoms with Crippen LogP contribution in [0.15, 0.2) is 42.5 Å². The molecular formula is C16H17Cl2NO. The Morgan fingerprint density at radius 3 is 2.60 bits per heavy atom. The molecule has 20 heavy (non-hydrogen) atoms. The number of halogens is 2. The van der Waals surface area contributed by atoms with Crippen LogP contribution in [-0.2, 0) is 6.54 Å². The van der Waals surface area contributed by atoms with E-state index in [1.807, 2.05) is 44.2 Å². The van der Waals surface area contributed by atoms with Crippen LogP contribution in [0.3, 0.4) is 0 Å². The molecule has 4 heteroatoms. The normalized spacial score (nSPS) is 10.7. The highest BCUT2D eigenvalue weighted by atomic mass is 35.5. The minimum Gasteiger partial charge on any atom is -0.489 e. The highest BCUT2D eigenvalue weighted by Gasteiger charge is 2.06. The van der Waals surface area contributed by atoms with Crippen LogP contribution in [0.5, 0.6) is 5.75 Å². The number of anilines is 1. The lowest BCUT2D eigenvalue weighted by Gasteiger charge is -2.16. The summed E-state index contributed by atoms with van der Waals surface area (Å²) in [6, 6.07) is 13.3. The van der Waals surface area contributed by atoms with E-state index in [0.29, 0.717) is 16.6 Å². The van der Waals surface area contributed by atoms with Crippen molar-refractivity contribution in [3.63, 3.8) is 0 Å². The molecule has 1 N–H and O–H groups in total. The zero-order chi connectivity index (χ0) is 14.5. The second kappa shape index (κ2) is 6.87. The number of hydrogen-bond donors (Lipinski definition) is 1. The maximum absolute atomic E-state index is 6.16. The predicted octanol–water partition coefficient (Wildman–Crippen LogP) is 5.39. The molecule has 0 saturated heterocycles. The van der Waals surface area contributed by atoms with Crippen LogP contribution < -0.4 is 10.1 Å². The Balaban J connectivity index is 2.12. The maximum Gasteiger partial charge on any atom is 0.142 e. The molecule has 0 amide bonds. The Morgan fingerprint density at radius 2 is 1.85 bits per heavy atom. The van der Waals surface area contributed by atoms with E-state index in [1.165, 1.54) is 0 Å². The van der Waals surface area contributed by atoms with Crippen molar-refractivity contribution in [2.24, 2.45) is 0 Å². The molecular weight excluding hydrogens is 293 g/mol. The number of nitrogens with one attached hydrogen (secondary N) is 1. The van der Waals surface area contributed by atoms with E-state index < -0.39 is 0 Å². The second-order valence-electron chi connectivity index (χ2n) is 4.75. The molecule has 0 aliphatic heterocycles. The van der Waals surface area contributed by atoms with Gasteiger partial charge in [0.1, 0.15) is 5.75 Å². The number of benzene rings is 2. The minimum atomic E-state index is 0.132. The smallest absolute Gasteiger partial charge is 0.142 e. The van der Waals surface area contributed by atoms with Gasteiger partial charge >= 0.3 is 0 Å². The van der Waals surface area contributed by atoms with Crippen molar-refractivity contribution in [3.05, 3.63) is 58.1 Å². The summed E-state index contributed by atoms with van der Waals surface area (Å²) in [5.74, 6) is 0.834. The SMILES string of the molecule is CC(C)Oc1ccccc1NCc1cc(Cl)ccc1Cl. The quantitative estimate of drug-likeness (QED) is 0.799. The third-order valence-corrected chi connectivity index (χ3v) is 3.33. The van der Waals surface area contributed by atoms with Crippen molar-refractivity contribution in [1.82, 2.24) is 0 Å². The average molecular weight is 310 g/mol. The summed E-state index contributed by atoms with van der Waals surface area (Å²) in [6.07, 6.45) is 0.132. The van der Waals surface area contributed by atoms with E-state index in [0.717, 1.165) is 17.0 Å². The van der Waals surface area contributed by atoms with Crippen molar-refractivity contribution in [2.75, 3.05) is 5.32 Å². The highest BCUT2D eigenvalue weighted by molar-refractivity contribution is 6.33. The molecule has 2 aromatic rings. The van der Waals surface area contributed by atoms with E-state index >= 15 is 0 Å². The predicted molar refractivity (Wildman–Crippen MR) is 86.0 cm³/mol. The molecule has 0 spiro atoms. The van der Waals surface area contributed by atoms with Gasteiger partial charge in [-0.1, -0.05) is 35.3 Å². The monoisotopic (exact) mass is 309 g/mol. The van der Waals surface area contributed by atoms with E-state index in [-0.39, 0.29) is 6.10 Å². The summed E-state index contributed by atoms with van der Waals surface area (Å²) in [5, 5.41) is 4.71. The number of ether oxygens (including phenoxy) is 1. The third kappa shape index (κ3) is 4.06. The molecule has 0 aliphatic carbocycles. The van der Waals surface area contributed by atoms with Gasteiger partial charge in [-0.2, -0.15) is 0 Å². The van der Waals surface area contributed by atoms with Gasteiger partial charge in [0.05, 0.1) is 11.8 Å². The first kappa shape index (κ1) is 15.0. The van der Waals surface area contributed by atoms with Gasteiger partial charge in [0, 0.05) is 16.6 Å². The summed E-state index contributed by atoms with van der Waals surface area (Å²) in [6.45, 7) is 4.60. The molecule has 0 aromatic heterocycles. The molecule has 106 valence electrons. The van der Waals surface area contributed by atoms with Gasteiger partial charge in [-0.25, -0.2) is 0 Å². The Kier molecular flexibility index (Phi) is 5.16. The fraction of sp³-hybridized carbons (Fsp3) is 0.250. The first-order valence-electron chi connectivity index (χ1n) is 6.49. The van der Waals surface area contributed by atoms with Crippen LogP contribution >= 0.6 is 23.2 Å². The van der Waals surface area contributed by atoms with Gasteiger partial charge in [-0.05, 0) is 49.7 Å². The maximum atomic E-state index is 6.16. The summed E-state index contributed by atoms with van der Waals surface area (Å²) < 4.78 is 5.77. The largest absolute Gasteiger partial charge is 0.489 e. The van der Waals surface area contributed by atoms with Crippen LogP contribution in [-0.4, -0.2) is 6.10 Å². The van der Waals surface area contributed by atoms with Crippen LogP contribution in [0.1, 0.15) is 19.4 Å². The molecule has 2 nitrogen and oxygen atoms in total. The highest BCUT2D eigenvalue weighted by Crippen LogP contribution is 2.27. The second-order valence-corrected chi connectivity index (χ2v) is 5.60. The van der Waals surface area contributed by atoms with E-state index in [2.05, 4.69) is 5.32 Å². The van der Waals surface area contributed by atoms with Gasteiger partial charge < -0.3 is 10.1 Å². The molecule has 0 fully saturated rings. The molecule has 0 aliphatic rings. The number of rotatable bonds is 5. The molecule has 2 rings (SSSR count). The standard InChI is InChI=1S/C16H17Cl2NO/c1-11(2)20-16-6-4-3-5-15(16)19-10-12-9-13(17)7-8-14(12)18/h3-9,11,19H,10H2,1-2H3. The first-order chi connectivity index (χ1) is 9.56. The van der Waals surface area contributed by atoms with Gasteiger partial charge in [-0.3, -0.25) is 0 Å². The molecule has 0 bridgehead atoms. The lowest BCUT2D eigenvalue weighted by atomic mass is 10.2. The Hall–Kier alpha value is -1.38. The topological polar surface area (TPSA) is 21.3 Å². The molecule has 0 saturated carbocycles. The number of para-hydroxylation sites is 2. The minimum absolute atomic E-state index is 0.132. The Morgan fingerprint density at radius 1 is 1.10 bits per heavy atom. The van der Waals surface area contributed by atoms with Gasteiger partial charge in [0.2, 0.25) is 0 Å². The van der Waals surface area contributed by atoms with E-state index in [1.54, 1.807) is 12.1 Å². The lowest BCUT2D eigenvalue weighted by molar-refractivity contribution is 0.243.